The second kappa shape index (κ2) is 15.0. The molecule has 1 aliphatic rings. The van der Waals surface area contributed by atoms with Gasteiger partial charge in [-0.15, -0.1) is 53.6 Å². The maximum Gasteiger partial charge on any atom is 0.196 e. The topological polar surface area (TPSA) is 37.9 Å². The van der Waals surface area contributed by atoms with Crippen LogP contribution in [0.2, 0.25) is 0 Å². The molecule has 0 aliphatic carbocycles. The number of nitrogens with zero attached hydrogens (tertiary/aromatic N) is 5. The van der Waals surface area contributed by atoms with Crippen LogP contribution < -0.4 is 14.5 Å². The molecule has 0 unspecified atom stereocenters. The number of benzene rings is 6. The van der Waals surface area contributed by atoms with E-state index in [0.717, 1.165) is 67.1 Å². The van der Waals surface area contributed by atoms with Gasteiger partial charge in [0, 0.05) is 61.3 Å². The summed E-state index contributed by atoms with van der Waals surface area (Å²) in [5, 5.41) is 2.21. The molecule has 0 spiro atoms. The SMILES string of the molecule is [C-]#[N+]c1cc(N2[CH-]N(c3[c-]c(Oc4[c-]c5c(cc4)c4ccccc4n5-c4cc(C(C)(C)C)ccn4)cc(C(C)(C)C)c3)c3ccccc32)ccc1-c1ccccc1.[Pt]. The molecule has 6 nitrogen and oxygen atoms in total. The monoisotopic (exact) mass is 935 g/mol. The average molecular weight is 936 g/mol. The Kier molecular flexibility index (Phi) is 10.00. The van der Waals surface area contributed by atoms with Gasteiger partial charge in [0.2, 0.25) is 0 Å². The van der Waals surface area contributed by atoms with Crippen LogP contribution in [0.15, 0.2) is 140 Å². The van der Waals surface area contributed by atoms with E-state index >= 15 is 0 Å². The summed E-state index contributed by atoms with van der Waals surface area (Å²) in [5.41, 5.74) is 10.4. The average Bonchev–Trinajstić information content (AvgIpc) is 3.76. The van der Waals surface area contributed by atoms with Crippen molar-refractivity contribution in [2.24, 2.45) is 0 Å². The van der Waals surface area contributed by atoms with Crippen molar-refractivity contribution in [3.05, 3.63) is 181 Å². The van der Waals surface area contributed by atoms with Gasteiger partial charge in [-0.2, -0.15) is 6.07 Å². The van der Waals surface area contributed by atoms with E-state index in [0.29, 0.717) is 17.2 Å². The predicted molar refractivity (Wildman–Crippen MR) is 233 cm³/mol. The van der Waals surface area contributed by atoms with Crippen molar-refractivity contribution in [1.82, 2.24) is 9.55 Å². The number of ether oxygens (including phenoxy) is 1. The standard InChI is InChI=1S/C51H42N5O.Pt/c1-50(2,3)35-25-26-53-49(29-35)56-45-18-12-11-17-42(45)43-24-22-39(32-48(43)56)57-40-28-36(51(4,5)6)27-38(30-40)55-33-54(46-19-13-14-20-47(46)55)37-21-23-41(44(31-37)52-7)34-15-9-8-10-16-34;/h8-29,31,33H,1-6H3;/q-3;. The Labute approximate surface area is 355 Å². The van der Waals surface area contributed by atoms with Gasteiger partial charge in [0.15, 0.2) is 5.69 Å². The molecule has 0 saturated carbocycles. The number of hydrogen-bond donors (Lipinski definition) is 0. The quantitative estimate of drug-likeness (QED) is 0.156. The van der Waals surface area contributed by atoms with E-state index < -0.39 is 0 Å². The number of pyridine rings is 1. The molecule has 9 rings (SSSR count). The molecule has 3 heterocycles. The molecule has 0 saturated heterocycles. The van der Waals surface area contributed by atoms with Gasteiger partial charge in [-0.25, -0.2) is 9.83 Å². The maximum absolute atomic E-state index is 8.04. The molecule has 2 aromatic heterocycles. The first-order valence-corrected chi connectivity index (χ1v) is 19.2. The summed E-state index contributed by atoms with van der Waals surface area (Å²) in [6.45, 7) is 23.4. The Hall–Kier alpha value is -6.15. The fourth-order valence-corrected chi connectivity index (χ4v) is 7.58. The minimum atomic E-state index is -0.178. The van der Waals surface area contributed by atoms with Gasteiger partial charge in [-0.3, -0.25) is 0 Å². The number of aromatic nitrogens is 2. The van der Waals surface area contributed by atoms with Gasteiger partial charge in [-0.05, 0) is 75.4 Å². The van der Waals surface area contributed by atoms with Crippen LogP contribution in [0.1, 0.15) is 52.7 Å². The summed E-state index contributed by atoms with van der Waals surface area (Å²) < 4.78 is 8.92. The van der Waals surface area contributed by atoms with E-state index in [1.807, 2.05) is 66.9 Å². The third kappa shape index (κ3) is 7.05. The summed E-state index contributed by atoms with van der Waals surface area (Å²) in [4.78, 5) is 13.1. The van der Waals surface area contributed by atoms with E-state index in [1.54, 1.807) is 0 Å². The molecule has 8 aromatic rings. The van der Waals surface area contributed by atoms with E-state index in [-0.39, 0.29) is 31.9 Å². The van der Waals surface area contributed by atoms with Gasteiger partial charge < -0.3 is 19.1 Å². The molecule has 0 fully saturated rings. The van der Waals surface area contributed by atoms with Crippen LogP contribution in [0.4, 0.5) is 28.4 Å². The second-order valence-electron chi connectivity index (χ2n) is 16.6. The van der Waals surface area contributed by atoms with Crippen LogP contribution >= 0.6 is 0 Å². The summed E-state index contributed by atoms with van der Waals surface area (Å²) >= 11 is 0. The largest absolute Gasteiger partial charge is 0.509 e. The predicted octanol–water partition coefficient (Wildman–Crippen LogP) is 13.8. The zero-order valence-corrected chi connectivity index (χ0v) is 35.6. The molecule has 7 heteroatoms. The van der Waals surface area contributed by atoms with Crippen LogP contribution in [0.25, 0.3) is 43.6 Å². The van der Waals surface area contributed by atoms with E-state index in [1.165, 1.54) is 5.56 Å². The fraction of sp³-hybridized carbons (Fsp3) is 0.157. The van der Waals surface area contributed by atoms with Crippen LogP contribution in [-0.2, 0) is 31.9 Å². The van der Waals surface area contributed by atoms with Crippen molar-refractivity contribution in [2.45, 2.75) is 52.4 Å². The fourth-order valence-electron chi connectivity index (χ4n) is 7.58. The number of para-hydroxylation sites is 3. The Morgan fingerprint density at radius 1 is 0.655 bits per heavy atom. The Morgan fingerprint density at radius 3 is 2.10 bits per heavy atom. The minimum absolute atomic E-state index is 0. The molecule has 0 N–H and O–H groups in total. The molecular weight excluding hydrogens is 894 g/mol. The van der Waals surface area contributed by atoms with E-state index in [9.17, 15) is 0 Å². The molecule has 0 radical (unpaired) electrons. The van der Waals surface area contributed by atoms with Crippen molar-refractivity contribution < 1.29 is 25.8 Å². The first-order valence-electron chi connectivity index (χ1n) is 19.2. The molecule has 0 bridgehead atoms. The van der Waals surface area contributed by atoms with Crippen molar-refractivity contribution in [3.8, 4) is 28.4 Å². The number of fused-ring (bicyclic) bond motifs is 4. The van der Waals surface area contributed by atoms with E-state index in [4.69, 9.17) is 16.3 Å². The first-order chi connectivity index (χ1) is 27.5. The van der Waals surface area contributed by atoms with Crippen LogP contribution in [-0.4, -0.2) is 9.55 Å². The minimum Gasteiger partial charge on any atom is -0.509 e. The zero-order valence-electron chi connectivity index (χ0n) is 33.3. The molecule has 1 aliphatic heterocycles. The molecule has 0 atom stereocenters. The van der Waals surface area contributed by atoms with Gasteiger partial charge in [0.05, 0.1) is 6.57 Å². The Bertz CT molecular complexity index is 2860. The molecule has 0 amide bonds. The van der Waals surface area contributed by atoms with Crippen molar-refractivity contribution >= 4 is 50.2 Å². The molecule has 58 heavy (non-hydrogen) atoms. The van der Waals surface area contributed by atoms with Crippen LogP contribution in [0.3, 0.4) is 0 Å². The van der Waals surface area contributed by atoms with Crippen LogP contribution in [0.5, 0.6) is 11.5 Å². The van der Waals surface area contributed by atoms with Gasteiger partial charge in [-0.1, -0.05) is 114 Å². The third-order valence-corrected chi connectivity index (χ3v) is 10.7. The van der Waals surface area contributed by atoms with Crippen molar-refractivity contribution in [2.75, 3.05) is 9.80 Å². The van der Waals surface area contributed by atoms with Gasteiger partial charge in [0.1, 0.15) is 5.82 Å². The second-order valence-corrected chi connectivity index (χ2v) is 16.6. The van der Waals surface area contributed by atoms with Crippen LogP contribution in [0, 0.1) is 25.4 Å². The van der Waals surface area contributed by atoms with Gasteiger partial charge in [0.25, 0.3) is 0 Å². The van der Waals surface area contributed by atoms with Gasteiger partial charge >= 0.3 is 0 Å². The normalized spacial score (nSPS) is 12.7. The Morgan fingerprint density at radius 2 is 1.36 bits per heavy atom. The number of hydrogen-bond acceptors (Lipinski definition) is 4. The third-order valence-electron chi connectivity index (χ3n) is 10.7. The first kappa shape index (κ1) is 38.7. The summed E-state index contributed by atoms with van der Waals surface area (Å²) in [5.74, 6) is 2.02. The maximum atomic E-state index is 8.04. The van der Waals surface area contributed by atoms with Crippen molar-refractivity contribution in [3.63, 3.8) is 0 Å². The smallest absolute Gasteiger partial charge is 0.196 e. The summed E-state index contributed by atoms with van der Waals surface area (Å²) in [7, 11) is 0. The zero-order chi connectivity index (χ0) is 39.5. The summed E-state index contributed by atoms with van der Waals surface area (Å²) in [6.07, 6.45) is 1.89. The molecular formula is C51H42N5OPt-3. The Balaban J connectivity index is 0.00000469. The number of anilines is 4. The van der Waals surface area contributed by atoms with E-state index in [2.05, 4.69) is 152 Å². The van der Waals surface area contributed by atoms with Crippen molar-refractivity contribution in [1.29, 1.82) is 0 Å². The summed E-state index contributed by atoms with van der Waals surface area (Å²) in [6, 6.07) is 52.8. The molecule has 290 valence electrons. The number of rotatable bonds is 6. The molecule has 6 aromatic carbocycles.